The number of aryl methyl sites for hydroxylation is 1. The van der Waals surface area contributed by atoms with Gasteiger partial charge >= 0.3 is 6.09 Å². The Morgan fingerprint density at radius 3 is 2.74 bits per heavy atom. The van der Waals surface area contributed by atoms with E-state index < -0.39 is 15.9 Å². The molecule has 0 spiro atoms. The molecule has 0 bridgehead atoms. The number of alkyl carbamates (subject to hydrolysis) is 1. The number of ether oxygens (including phenoxy) is 1. The molecule has 35 heavy (non-hydrogen) atoms. The molecule has 1 aromatic carbocycles. The minimum Gasteiger partial charge on any atom is -0.444 e. The summed E-state index contributed by atoms with van der Waals surface area (Å²) in [4.78, 5) is 24.4. The fourth-order valence-electron chi connectivity index (χ4n) is 4.40. The lowest BCUT2D eigenvalue weighted by Gasteiger charge is -2.23. The van der Waals surface area contributed by atoms with Crippen LogP contribution in [0.5, 0.6) is 0 Å². The van der Waals surface area contributed by atoms with Crippen LogP contribution in [0.1, 0.15) is 32.8 Å². The van der Waals surface area contributed by atoms with Gasteiger partial charge in [-0.1, -0.05) is 18.2 Å². The Morgan fingerprint density at radius 2 is 2.00 bits per heavy atom. The number of sulfone groups is 1. The second-order valence-electron chi connectivity index (χ2n) is 9.82. The van der Waals surface area contributed by atoms with Crippen LogP contribution in [0.2, 0.25) is 0 Å². The molecule has 0 aliphatic carbocycles. The molecular weight excluding hydrogens is 468 g/mol. The van der Waals surface area contributed by atoms with E-state index in [1.807, 2.05) is 36.5 Å². The van der Waals surface area contributed by atoms with Crippen LogP contribution in [0.15, 0.2) is 52.8 Å². The summed E-state index contributed by atoms with van der Waals surface area (Å²) in [7, 11) is -3.92. The number of benzene rings is 1. The number of rotatable bonds is 4. The third-order valence-electron chi connectivity index (χ3n) is 5.96. The minimum atomic E-state index is -3.92. The first kappa shape index (κ1) is 23.2. The predicted octanol–water partition coefficient (Wildman–Crippen LogP) is 3.29. The first-order chi connectivity index (χ1) is 16.5. The maximum Gasteiger partial charge on any atom is 0.407 e. The summed E-state index contributed by atoms with van der Waals surface area (Å²) >= 11 is 0. The summed E-state index contributed by atoms with van der Waals surface area (Å²) in [5.41, 5.74) is 1.66. The van der Waals surface area contributed by atoms with E-state index in [4.69, 9.17) is 4.74 Å². The second kappa shape index (κ2) is 8.26. The van der Waals surface area contributed by atoms with Gasteiger partial charge in [-0.3, -0.25) is 0 Å². The van der Waals surface area contributed by atoms with Gasteiger partial charge in [0.1, 0.15) is 29.1 Å². The van der Waals surface area contributed by atoms with Gasteiger partial charge in [-0.2, -0.15) is 0 Å². The number of nitrogens with zero attached hydrogens (tertiary/aromatic N) is 4. The monoisotopic (exact) mass is 496 g/mol. The Bertz CT molecular complexity index is 1530. The van der Waals surface area contributed by atoms with Crippen molar-refractivity contribution in [3.8, 4) is 0 Å². The van der Waals surface area contributed by atoms with Crippen LogP contribution in [0, 0.1) is 6.92 Å². The molecule has 5 rings (SSSR count). The number of H-pyrrole nitrogens is 1. The van der Waals surface area contributed by atoms with Gasteiger partial charge in [0.2, 0.25) is 9.84 Å². The molecule has 1 saturated heterocycles. The summed E-state index contributed by atoms with van der Waals surface area (Å²) in [5, 5.41) is 5.48. The average molecular weight is 497 g/mol. The number of hydrogen-bond acceptors (Lipinski definition) is 7. The summed E-state index contributed by atoms with van der Waals surface area (Å²) in [6.45, 7) is 8.52. The molecule has 1 aliphatic rings. The molecule has 1 fully saturated rings. The van der Waals surface area contributed by atoms with Gasteiger partial charge in [0.25, 0.3) is 0 Å². The lowest BCUT2D eigenvalue weighted by atomic mass is 10.1. The van der Waals surface area contributed by atoms with Crippen molar-refractivity contribution in [2.24, 2.45) is 0 Å². The summed E-state index contributed by atoms with van der Waals surface area (Å²) in [5.74, 6) is 0. The Kier molecular flexibility index (Phi) is 5.47. The highest BCUT2D eigenvalue weighted by Gasteiger charge is 2.31. The van der Waals surface area contributed by atoms with E-state index in [2.05, 4.69) is 20.3 Å². The number of imidazole rings is 1. The molecule has 1 atom stereocenters. The van der Waals surface area contributed by atoms with E-state index in [0.717, 1.165) is 5.39 Å². The number of aromatic amines is 1. The number of aromatic nitrogens is 4. The number of amides is 1. The summed E-state index contributed by atoms with van der Waals surface area (Å²) in [6.07, 6.45) is 3.23. The highest BCUT2D eigenvalue weighted by atomic mass is 32.2. The van der Waals surface area contributed by atoms with Crippen molar-refractivity contribution in [3.63, 3.8) is 0 Å². The first-order valence-corrected chi connectivity index (χ1v) is 12.9. The molecule has 0 saturated carbocycles. The molecule has 2 N–H and O–H groups in total. The zero-order valence-corrected chi connectivity index (χ0v) is 20.9. The van der Waals surface area contributed by atoms with E-state index in [0.29, 0.717) is 41.8 Å². The first-order valence-electron chi connectivity index (χ1n) is 11.4. The minimum absolute atomic E-state index is 0.0907. The van der Waals surface area contributed by atoms with Crippen molar-refractivity contribution < 1.29 is 17.9 Å². The molecule has 1 aliphatic heterocycles. The van der Waals surface area contributed by atoms with E-state index in [1.54, 1.807) is 43.7 Å². The largest absolute Gasteiger partial charge is 0.444 e. The van der Waals surface area contributed by atoms with Gasteiger partial charge < -0.3 is 20.0 Å². The molecule has 0 unspecified atom stereocenters. The molecule has 4 aromatic rings. The number of carbonyl (C=O) groups is 1. The van der Waals surface area contributed by atoms with Crippen LogP contribution < -0.4 is 10.3 Å². The van der Waals surface area contributed by atoms with Crippen molar-refractivity contribution in [1.29, 1.82) is 0 Å². The normalized spacial score (nSPS) is 16.8. The standard InChI is InChI=1S/C24H28N6O4S/c1-15-7-5-6-8-18(15)35(32,33)22-19-20(17-9-11-25-21(17)27-22)30(14-26-19)29-12-10-16(13-29)34-23(31)28-24(2,3)4/h5-9,11,14,16H,10,12-13H2,1-4H3,(H,25,27)(H,28,31)/t16-/m1/s1. The van der Waals surface area contributed by atoms with Gasteiger partial charge in [0.05, 0.1) is 11.4 Å². The highest BCUT2D eigenvalue weighted by Crippen LogP contribution is 2.32. The van der Waals surface area contributed by atoms with Crippen molar-refractivity contribution >= 4 is 38.0 Å². The molecule has 11 heteroatoms. The lowest BCUT2D eigenvalue weighted by molar-refractivity contribution is 0.101. The predicted molar refractivity (Wildman–Crippen MR) is 132 cm³/mol. The SMILES string of the molecule is Cc1ccccc1S(=O)(=O)c1nc2[nH]ccc2c2c1ncn2N1CC[C@@H](OC(=O)NC(C)(C)C)C1. The van der Waals surface area contributed by atoms with Gasteiger partial charge in [-0.25, -0.2) is 27.9 Å². The number of hydrogen-bond donors (Lipinski definition) is 2. The Morgan fingerprint density at radius 1 is 1.23 bits per heavy atom. The van der Waals surface area contributed by atoms with E-state index in [-0.39, 0.29) is 21.6 Å². The maximum absolute atomic E-state index is 13.6. The molecule has 0 radical (unpaired) electrons. The molecule has 3 aromatic heterocycles. The van der Waals surface area contributed by atoms with Crippen molar-refractivity contribution in [2.45, 2.75) is 55.7 Å². The van der Waals surface area contributed by atoms with Crippen LogP contribution in [0.4, 0.5) is 4.79 Å². The average Bonchev–Trinajstić information content (AvgIpc) is 3.50. The fraction of sp³-hybridized carbons (Fsp3) is 0.375. The number of fused-ring (bicyclic) bond motifs is 3. The Balaban J connectivity index is 1.54. The number of nitrogens with one attached hydrogen (secondary N) is 2. The van der Waals surface area contributed by atoms with Gasteiger partial charge in [-0.15, -0.1) is 0 Å². The van der Waals surface area contributed by atoms with Crippen LogP contribution >= 0.6 is 0 Å². The molecule has 1 amide bonds. The van der Waals surface area contributed by atoms with Crippen LogP contribution in [0.3, 0.4) is 0 Å². The van der Waals surface area contributed by atoms with Crippen molar-refractivity contribution in [3.05, 3.63) is 48.4 Å². The second-order valence-corrected chi connectivity index (χ2v) is 11.6. The summed E-state index contributed by atoms with van der Waals surface area (Å²) in [6, 6.07) is 8.69. The lowest BCUT2D eigenvalue weighted by Crippen LogP contribution is -2.43. The van der Waals surface area contributed by atoms with Crippen LogP contribution in [-0.2, 0) is 14.6 Å². The quantitative estimate of drug-likeness (QED) is 0.444. The molecule has 4 heterocycles. The van der Waals surface area contributed by atoms with Crippen molar-refractivity contribution in [2.75, 3.05) is 18.1 Å². The Labute approximate surface area is 203 Å². The van der Waals surface area contributed by atoms with Gasteiger partial charge in [0, 0.05) is 30.1 Å². The zero-order chi connectivity index (χ0) is 25.0. The number of pyridine rings is 1. The molecule has 10 nitrogen and oxygen atoms in total. The van der Waals surface area contributed by atoms with Gasteiger partial charge in [0.15, 0.2) is 5.03 Å². The van der Waals surface area contributed by atoms with Crippen LogP contribution in [0.25, 0.3) is 22.1 Å². The molecule has 184 valence electrons. The van der Waals surface area contributed by atoms with E-state index in [1.165, 1.54) is 0 Å². The number of carbonyl (C=O) groups excluding carboxylic acids is 1. The van der Waals surface area contributed by atoms with Crippen LogP contribution in [-0.4, -0.2) is 58.9 Å². The third-order valence-corrected chi connectivity index (χ3v) is 7.79. The maximum atomic E-state index is 13.6. The van der Waals surface area contributed by atoms with E-state index >= 15 is 0 Å². The third kappa shape index (κ3) is 4.20. The zero-order valence-electron chi connectivity index (χ0n) is 20.1. The van der Waals surface area contributed by atoms with E-state index in [9.17, 15) is 13.2 Å². The summed E-state index contributed by atoms with van der Waals surface area (Å²) < 4.78 is 34.7. The van der Waals surface area contributed by atoms with Gasteiger partial charge in [-0.05, 0) is 45.4 Å². The highest BCUT2D eigenvalue weighted by molar-refractivity contribution is 7.91. The Hall–Kier alpha value is -3.60. The topological polar surface area (TPSA) is 122 Å². The molecular formula is C24H28N6O4S. The smallest absolute Gasteiger partial charge is 0.407 e. The fourth-order valence-corrected chi connectivity index (χ4v) is 5.97. The van der Waals surface area contributed by atoms with Crippen molar-refractivity contribution in [1.82, 2.24) is 24.9 Å².